The summed E-state index contributed by atoms with van der Waals surface area (Å²) in [5.41, 5.74) is 0.685. The van der Waals surface area contributed by atoms with Gasteiger partial charge in [-0.1, -0.05) is 28.8 Å². The molecule has 1 amide bonds. The van der Waals surface area contributed by atoms with Crippen molar-refractivity contribution in [3.05, 3.63) is 28.2 Å². The molecule has 96 valence electrons. The van der Waals surface area contributed by atoms with Gasteiger partial charge in [-0.2, -0.15) is 0 Å². The number of carbonyl (C=O) groups is 2. The molecule has 1 aliphatic rings. The minimum absolute atomic E-state index is 0.0121. The lowest BCUT2D eigenvalue weighted by atomic mass is 10.1. The zero-order valence-corrected chi connectivity index (χ0v) is 11.4. The number of carboxylic acids is 1. The SMILES string of the molecule is O=C(O)c1cc(Br)cc(NC(=O)C2CCCC2)c1. The normalized spacial score (nSPS) is 15.6. The molecule has 1 aliphatic carbocycles. The summed E-state index contributed by atoms with van der Waals surface area (Å²) in [7, 11) is 0. The maximum Gasteiger partial charge on any atom is 0.335 e. The largest absolute Gasteiger partial charge is 0.478 e. The summed E-state index contributed by atoms with van der Waals surface area (Å²) in [5, 5.41) is 11.7. The molecule has 0 spiro atoms. The fourth-order valence-corrected chi connectivity index (χ4v) is 2.71. The topological polar surface area (TPSA) is 66.4 Å². The number of halogens is 1. The highest BCUT2D eigenvalue weighted by atomic mass is 79.9. The van der Waals surface area contributed by atoms with Crippen molar-refractivity contribution in [3.8, 4) is 0 Å². The quantitative estimate of drug-likeness (QED) is 0.900. The second-order valence-corrected chi connectivity index (χ2v) is 5.42. The van der Waals surface area contributed by atoms with Crippen LogP contribution in [0.25, 0.3) is 0 Å². The second kappa shape index (κ2) is 5.52. The Bertz CT molecular complexity index is 481. The lowest BCUT2D eigenvalue weighted by Gasteiger charge is -2.11. The van der Waals surface area contributed by atoms with Gasteiger partial charge in [-0.15, -0.1) is 0 Å². The van der Waals surface area contributed by atoms with Gasteiger partial charge in [0, 0.05) is 16.1 Å². The molecule has 1 saturated carbocycles. The van der Waals surface area contributed by atoms with Crippen LogP contribution in [-0.2, 0) is 4.79 Å². The van der Waals surface area contributed by atoms with Gasteiger partial charge in [0.2, 0.25) is 5.91 Å². The molecule has 0 aliphatic heterocycles. The molecule has 0 atom stereocenters. The molecule has 0 bridgehead atoms. The van der Waals surface area contributed by atoms with Gasteiger partial charge in [0.25, 0.3) is 0 Å². The smallest absolute Gasteiger partial charge is 0.335 e. The van der Waals surface area contributed by atoms with Crippen molar-refractivity contribution < 1.29 is 14.7 Å². The van der Waals surface area contributed by atoms with Gasteiger partial charge >= 0.3 is 5.97 Å². The molecule has 0 saturated heterocycles. The fourth-order valence-electron chi connectivity index (χ4n) is 2.22. The van der Waals surface area contributed by atoms with Crippen molar-refractivity contribution >= 4 is 33.5 Å². The first-order valence-electron chi connectivity index (χ1n) is 5.91. The number of aromatic carboxylic acids is 1. The molecule has 0 heterocycles. The van der Waals surface area contributed by atoms with Gasteiger partial charge in [-0.25, -0.2) is 4.79 Å². The Morgan fingerprint density at radius 3 is 2.50 bits per heavy atom. The first-order chi connectivity index (χ1) is 8.56. The summed E-state index contributed by atoms with van der Waals surface area (Å²) < 4.78 is 0.643. The minimum atomic E-state index is -1.01. The van der Waals surface area contributed by atoms with E-state index in [9.17, 15) is 9.59 Å². The van der Waals surface area contributed by atoms with Gasteiger partial charge < -0.3 is 10.4 Å². The van der Waals surface area contributed by atoms with Crippen LogP contribution in [0, 0.1) is 5.92 Å². The number of hydrogen-bond donors (Lipinski definition) is 2. The van der Waals surface area contributed by atoms with Crippen LogP contribution < -0.4 is 5.32 Å². The molecule has 1 aromatic rings. The van der Waals surface area contributed by atoms with Crippen molar-refractivity contribution in [2.75, 3.05) is 5.32 Å². The minimum Gasteiger partial charge on any atom is -0.478 e. The van der Waals surface area contributed by atoms with E-state index in [0.29, 0.717) is 10.2 Å². The van der Waals surface area contributed by atoms with Crippen LogP contribution in [0.2, 0.25) is 0 Å². The van der Waals surface area contributed by atoms with Crippen LogP contribution >= 0.6 is 15.9 Å². The highest BCUT2D eigenvalue weighted by Gasteiger charge is 2.22. The lowest BCUT2D eigenvalue weighted by molar-refractivity contribution is -0.119. The fraction of sp³-hybridized carbons (Fsp3) is 0.385. The molecule has 0 radical (unpaired) electrons. The van der Waals surface area contributed by atoms with E-state index in [-0.39, 0.29) is 17.4 Å². The predicted molar refractivity (Wildman–Crippen MR) is 71.7 cm³/mol. The molecular weight excluding hydrogens is 298 g/mol. The van der Waals surface area contributed by atoms with E-state index in [1.54, 1.807) is 6.07 Å². The van der Waals surface area contributed by atoms with Crippen LogP contribution in [0.4, 0.5) is 5.69 Å². The third-order valence-electron chi connectivity index (χ3n) is 3.14. The number of benzene rings is 1. The van der Waals surface area contributed by atoms with Crippen molar-refractivity contribution in [1.29, 1.82) is 0 Å². The molecule has 2 N–H and O–H groups in total. The van der Waals surface area contributed by atoms with Crippen LogP contribution in [0.3, 0.4) is 0 Å². The van der Waals surface area contributed by atoms with E-state index in [4.69, 9.17) is 5.11 Å². The van der Waals surface area contributed by atoms with Crippen molar-refractivity contribution in [3.63, 3.8) is 0 Å². The van der Waals surface area contributed by atoms with Crippen LogP contribution in [0.15, 0.2) is 22.7 Å². The zero-order chi connectivity index (χ0) is 13.1. The van der Waals surface area contributed by atoms with Gasteiger partial charge in [0.05, 0.1) is 5.56 Å². The van der Waals surface area contributed by atoms with E-state index in [0.717, 1.165) is 25.7 Å². The maximum atomic E-state index is 11.9. The Morgan fingerprint density at radius 1 is 1.22 bits per heavy atom. The summed E-state index contributed by atoms with van der Waals surface area (Å²) in [6.07, 6.45) is 4.03. The number of carboxylic acid groups (broad SMARTS) is 1. The number of nitrogens with one attached hydrogen (secondary N) is 1. The van der Waals surface area contributed by atoms with Crippen molar-refractivity contribution in [1.82, 2.24) is 0 Å². The monoisotopic (exact) mass is 311 g/mol. The van der Waals surface area contributed by atoms with E-state index in [1.807, 2.05) is 0 Å². The Kier molecular flexibility index (Phi) is 4.01. The van der Waals surface area contributed by atoms with Gasteiger partial charge in [-0.05, 0) is 31.0 Å². The standard InChI is InChI=1S/C13H14BrNO3/c14-10-5-9(13(17)18)6-11(7-10)15-12(16)8-3-1-2-4-8/h5-8H,1-4H2,(H,15,16)(H,17,18). The second-order valence-electron chi connectivity index (χ2n) is 4.50. The molecular formula is C13H14BrNO3. The lowest BCUT2D eigenvalue weighted by Crippen LogP contribution is -2.20. The molecule has 5 heteroatoms. The zero-order valence-electron chi connectivity index (χ0n) is 9.78. The average molecular weight is 312 g/mol. The number of anilines is 1. The molecule has 1 fully saturated rings. The summed E-state index contributed by atoms with van der Waals surface area (Å²) >= 11 is 3.24. The van der Waals surface area contributed by atoms with E-state index in [2.05, 4.69) is 21.2 Å². The summed E-state index contributed by atoms with van der Waals surface area (Å²) in [6, 6.07) is 4.69. The molecule has 4 nitrogen and oxygen atoms in total. The highest BCUT2D eigenvalue weighted by molar-refractivity contribution is 9.10. The number of hydrogen-bond acceptors (Lipinski definition) is 2. The average Bonchev–Trinajstić information content (AvgIpc) is 2.81. The summed E-state index contributed by atoms with van der Waals surface area (Å²) in [4.78, 5) is 22.8. The third-order valence-corrected chi connectivity index (χ3v) is 3.60. The molecule has 1 aromatic carbocycles. The Morgan fingerprint density at radius 2 is 1.89 bits per heavy atom. The van der Waals surface area contributed by atoms with Crippen molar-refractivity contribution in [2.45, 2.75) is 25.7 Å². The van der Waals surface area contributed by atoms with Crippen LogP contribution in [0.5, 0.6) is 0 Å². The number of amides is 1. The van der Waals surface area contributed by atoms with E-state index in [1.165, 1.54) is 12.1 Å². The molecule has 2 rings (SSSR count). The Hall–Kier alpha value is -1.36. The number of carbonyl (C=O) groups excluding carboxylic acids is 1. The van der Waals surface area contributed by atoms with Gasteiger partial charge in [0.1, 0.15) is 0 Å². The van der Waals surface area contributed by atoms with E-state index < -0.39 is 5.97 Å². The third kappa shape index (κ3) is 3.10. The predicted octanol–water partition coefficient (Wildman–Crippen LogP) is 3.28. The molecule has 0 unspecified atom stereocenters. The van der Waals surface area contributed by atoms with Gasteiger partial charge in [-0.3, -0.25) is 4.79 Å². The maximum absolute atomic E-state index is 11.9. The summed E-state index contributed by atoms with van der Waals surface area (Å²) in [6.45, 7) is 0. The molecule has 18 heavy (non-hydrogen) atoms. The Labute approximate surface area is 114 Å². The summed E-state index contributed by atoms with van der Waals surface area (Å²) in [5.74, 6) is -0.952. The molecule has 0 aromatic heterocycles. The van der Waals surface area contributed by atoms with Crippen molar-refractivity contribution in [2.24, 2.45) is 5.92 Å². The van der Waals surface area contributed by atoms with Crippen LogP contribution in [-0.4, -0.2) is 17.0 Å². The van der Waals surface area contributed by atoms with Crippen LogP contribution in [0.1, 0.15) is 36.0 Å². The Balaban J connectivity index is 2.13. The first-order valence-corrected chi connectivity index (χ1v) is 6.70. The number of rotatable bonds is 3. The highest BCUT2D eigenvalue weighted by Crippen LogP contribution is 2.27. The van der Waals surface area contributed by atoms with Gasteiger partial charge in [0.15, 0.2) is 0 Å². The van der Waals surface area contributed by atoms with E-state index >= 15 is 0 Å². The first kappa shape index (κ1) is 13.1.